The van der Waals surface area contributed by atoms with Crippen LogP contribution in [0.25, 0.3) is 0 Å². The maximum Gasteiger partial charge on any atom is 0.233 e. The molecule has 4 atom stereocenters. The molecule has 2 bridgehead atoms. The molecule has 0 aromatic heterocycles. The van der Waals surface area contributed by atoms with Crippen molar-refractivity contribution in [1.29, 1.82) is 0 Å². The van der Waals surface area contributed by atoms with Crippen molar-refractivity contribution in [2.24, 2.45) is 23.7 Å². The minimum atomic E-state index is -1.02. The Morgan fingerprint density at radius 2 is 1.71 bits per heavy atom. The first-order valence-corrected chi connectivity index (χ1v) is 6.14. The third-order valence-electron chi connectivity index (χ3n) is 4.11. The lowest BCUT2D eigenvalue weighted by Gasteiger charge is -2.25. The predicted molar refractivity (Wildman–Crippen MR) is 60.7 cm³/mol. The second-order valence-corrected chi connectivity index (χ2v) is 6.07. The zero-order valence-corrected chi connectivity index (χ0v) is 10.1. The lowest BCUT2D eigenvalue weighted by Crippen LogP contribution is -2.43. The van der Waals surface area contributed by atoms with Crippen LogP contribution in [0.3, 0.4) is 0 Å². The van der Waals surface area contributed by atoms with E-state index in [9.17, 15) is 14.7 Å². The molecule has 0 aromatic carbocycles. The molecule has 2 aliphatic carbocycles. The highest BCUT2D eigenvalue weighted by atomic mass is 16.3. The van der Waals surface area contributed by atoms with Gasteiger partial charge in [-0.1, -0.05) is 12.2 Å². The van der Waals surface area contributed by atoms with Gasteiger partial charge >= 0.3 is 0 Å². The van der Waals surface area contributed by atoms with E-state index in [1.807, 2.05) is 0 Å². The second kappa shape index (κ2) is 3.19. The van der Waals surface area contributed by atoms with Gasteiger partial charge in [0, 0.05) is 0 Å². The van der Waals surface area contributed by atoms with E-state index in [-0.39, 0.29) is 42.0 Å². The zero-order chi connectivity index (χ0) is 12.4. The topological polar surface area (TPSA) is 57.6 Å². The standard InChI is InChI=1S/C13H17NO3/c1-13(2,17)6-14-11(15)9-7-3-4-8(5-7)10(9)12(14)16/h3-4,7-10,17H,5-6H2,1-2H3. The molecule has 0 aromatic rings. The molecular weight excluding hydrogens is 218 g/mol. The SMILES string of the molecule is CC(C)(O)CN1C(=O)C2C3C=CC(C3)C2C1=O. The molecule has 2 fully saturated rings. The fraction of sp³-hybridized carbons (Fsp3) is 0.692. The first-order chi connectivity index (χ1) is 7.88. The quantitative estimate of drug-likeness (QED) is 0.562. The van der Waals surface area contributed by atoms with Crippen LogP contribution in [0.2, 0.25) is 0 Å². The Kier molecular flexibility index (Phi) is 2.06. The Morgan fingerprint density at radius 3 is 2.12 bits per heavy atom. The minimum Gasteiger partial charge on any atom is -0.389 e. The van der Waals surface area contributed by atoms with Crippen molar-refractivity contribution in [1.82, 2.24) is 4.90 Å². The number of hydrogen-bond donors (Lipinski definition) is 1. The van der Waals surface area contributed by atoms with Crippen LogP contribution in [0.1, 0.15) is 20.3 Å². The normalized spacial score (nSPS) is 39.4. The van der Waals surface area contributed by atoms with E-state index in [4.69, 9.17) is 0 Å². The van der Waals surface area contributed by atoms with Crippen molar-refractivity contribution in [2.75, 3.05) is 6.54 Å². The predicted octanol–water partition coefficient (Wildman–Crippen LogP) is 0.564. The number of allylic oxidation sites excluding steroid dienone is 2. The van der Waals surface area contributed by atoms with Crippen LogP contribution < -0.4 is 0 Å². The highest BCUT2D eigenvalue weighted by Crippen LogP contribution is 2.52. The average molecular weight is 235 g/mol. The van der Waals surface area contributed by atoms with Crippen molar-refractivity contribution >= 4 is 11.8 Å². The van der Waals surface area contributed by atoms with Crippen LogP contribution in [-0.2, 0) is 9.59 Å². The van der Waals surface area contributed by atoms with Gasteiger partial charge in [-0.05, 0) is 32.1 Å². The molecule has 4 heteroatoms. The number of likely N-dealkylation sites (tertiary alicyclic amines) is 1. The summed E-state index contributed by atoms with van der Waals surface area (Å²) in [4.78, 5) is 25.7. The summed E-state index contributed by atoms with van der Waals surface area (Å²) in [6, 6.07) is 0. The maximum absolute atomic E-state index is 12.2. The monoisotopic (exact) mass is 235 g/mol. The lowest BCUT2D eigenvalue weighted by molar-refractivity contribution is -0.144. The number of carbonyl (C=O) groups is 2. The van der Waals surface area contributed by atoms with Crippen LogP contribution in [0, 0.1) is 23.7 Å². The van der Waals surface area contributed by atoms with Gasteiger partial charge in [-0.25, -0.2) is 0 Å². The molecule has 1 heterocycles. The molecule has 1 saturated heterocycles. The molecule has 1 aliphatic heterocycles. The maximum atomic E-state index is 12.2. The molecule has 3 aliphatic rings. The van der Waals surface area contributed by atoms with Gasteiger partial charge in [-0.3, -0.25) is 14.5 Å². The van der Waals surface area contributed by atoms with Gasteiger partial charge < -0.3 is 5.11 Å². The Labute approximate surface area is 100 Å². The number of hydrogen-bond acceptors (Lipinski definition) is 3. The van der Waals surface area contributed by atoms with Gasteiger partial charge in [0.25, 0.3) is 0 Å². The van der Waals surface area contributed by atoms with E-state index in [0.717, 1.165) is 6.42 Å². The molecule has 0 spiro atoms. The first-order valence-electron chi connectivity index (χ1n) is 6.14. The zero-order valence-electron chi connectivity index (χ0n) is 10.1. The number of β-amino-alcohol motifs (C(OH)–C–C–N with tert-alkyl or cyclic N) is 1. The number of imide groups is 1. The van der Waals surface area contributed by atoms with Crippen molar-refractivity contribution in [2.45, 2.75) is 25.9 Å². The molecule has 4 unspecified atom stereocenters. The number of carbonyl (C=O) groups excluding carboxylic acids is 2. The number of nitrogens with zero attached hydrogens (tertiary/aromatic N) is 1. The largest absolute Gasteiger partial charge is 0.389 e. The molecule has 3 rings (SSSR count). The summed E-state index contributed by atoms with van der Waals surface area (Å²) >= 11 is 0. The van der Waals surface area contributed by atoms with E-state index in [1.165, 1.54) is 4.90 Å². The average Bonchev–Trinajstić information content (AvgIpc) is 2.86. The van der Waals surface area contributed by atoms with E-state index in [1.54, 1.807) is 13.8 Å². The van der Waals surface area contributed by atoms with Crippen LogP contribution >= 0.6 is 0 Å². The summed E-state index contributed by atoms with van der Waals surface area (Å²) in [5.74, 6) is 0.0131. The van der Waals surface area contributed by atoms with Gasteiger partial charge in [0.05, 0.1) is 24.0 Å². The highest BCUT2D eigenvalue weighted by molar-refractivity contribution is 6.06. The number of aliphatic hydroxyl groups is 1. The van der Waals surface area contributed by atoms with Gasteiger partial charge in [0.15, 0.2) is 0 Å². The third kappa shape index (κ3) is 1.47. The van der Waals surface area contributed by atoms with Gasteiger partial charge in [-0.15, -0.1) is 0 Å². The van der Waals surface area contributed by atoms with Gasteiger partial charge in [0.2, 0.25) is 11.8 Å². The molecular formula is C13H17NO3. The molecule has 1 saturated carbocycles. The van der Waals surface area contributed by atoms with E-state index in [0.29, 0.717) is 0 Å². The third-order valence-corrected chi connectivity index (χ3v) is 4.11. The second-order valence-electron chi connectivity index (χ2n) is 6.07. The van der Waals surface area contributed by atoms with E-state index in [2.05, 4.69) is 12.2 Å². The van der Waals surface area contributed by atoms with E-state index < -0.39 is 5.60 Å². The number of rotatable bonds is 2. The molecule has 2 amide bonds. The molecule has 92 valence electrons. The fourth-order valence-electron chi connectivity index (χ4n) is 3.51. The van der Waals surface area contributed by atoms with Crippen LogP contribution in [0.5, 0.6) is 0 Å². The van der Waals surface area contributed by atoms with Crippen LogP contribution in [0.15, 0.2) is 12.2 Å². The minimum absolute atomic E-state index is 0.0843. The van der Waals surface area contributed by atoms with Crippen LogP contribution in [-0.4, -0.2) is 34.0 Å². The van der Waals surface area contributed by atoms with Crippen molar-refractivity contribution < 1.29 is 14.7 Å². The summed E-state index contributed by atoms with van der Waals surface area (Å²) in [5, 5.41) is 9.76. The Balaban J connectivity index is 1.88. The van der Waals surface area contributed by atoms with Gasteiger partial charge in [0.1, 0.15) is 0 Å². The van der Waals surface area contributed by atoms with Gasteiger partial charge in [-0.2, -0.15) is 0 Å². The first kappa shape index (κ1) is 11.0. The summed E-state index contributed by atoms with van der Waals surface area (Å²) in [7, 11) is 0. The Bertz CT molecular complexity index is 391. The number of fused-ring (bicyclic) bond motifs is 5. The smallest absolute Gasteiger partial charge is 0.233 e. The summed E-state index contributed by atoms with van der Waals surface area (Å²) in [5.41, 5.74) is -1.02. The van der Waals surface area contributed by atoms with Crippen molar-refractivity contribution in [3.63, 3.8) is 0 Å². The summed E-state index contributed by atoms with van der Waals surface area (Å²) in [6.07, 6.45) is 5.10. The van der Waals surface area contributed by atoms with Crippen molar-refractivity contribution in [3.8, 4) is 0 Å². The molecule has 0 radical (unpaired) electrons. The fourth-order valence-corrected chi connectivity index (χ4v) is 3.51. The van der Waals surface area contributed by atoms with E-state index >= 15 is 0 Å². The lowest BCUT2D eigenvalue weighted by atomic mass is 9.85. The number of amides is 2. The summed E-state index contributed by atoms with van der Waals surface area (Å²) in [6.45, 7) is 3.35. The van der Waals surface area contributed by atoms with Crippen LogP contribution in [0.4, 0.5) is 0 Å². The van der Waals surface area contributed by atoms with Crippen molar-refractivity contribution in [3.05, 3.63) is 12.2 Å². The molecule has 1 N–H and O–H groups in total. The summed E-state index contributed by atoms with van der Waals surface area (Å²) < 4.78 is 0. The molecule has 4 nitrogen and oxygen atoms in total. The highest BCUT2D eigenvalue weighted by Gasteiger charge is 2.59. The Morgan fingerprint density at radius 1 is 1.24 bits per heavy atom. The molecule has 17 heavy (non-hydrogen) atoms. The Hall–Kier alpha value is -1.16.